The van der Waals surface area contributed by atoms with Crippen molar-refractivity contribution in [2.45, 2.75) is 39.2 Å². The Hall–Kier alpha value is 0.390. The molecule has 0 aliphatic carbocycles. The van der Waals surface area contributed by atoms with E-state index in [-0.39, 0.29) is 6.04 Å². The molecule has 0 spiro atoms. The first-order valence-electron chi connectivity index (χ1n) is 5.75. The minimum atomic E-state index is 0.144. The lowest BCUT2D eigenvalue weighted by Crippen LogP contribution is -2.14. The first-order valence-corrected chi connectivity index (χ1v) is 7.62. The molecule has 0 amide bonds. The Morgan fingerprint density at radius 1 is 1.44 bits per heavy atom. The molecule has 0 aliphatic rings. The van der Waals surface area contributed by atoms with Gasteiger partial charge in [0.1, 0.15) is 0 Å². The Bertz CT molecular complexity index is 341. The first kappa shape index (κ1) is 14.5. The van der Waals surface area contributed by atoms with Crippen molar-refractivity contribution in [2.24, 2.45) is 11.7 Å². The Morgan fingerprint density at radius 3 is 2.75 bits per heavy atom. The van der Waals surface area contributed by atoms with Gasteiger partial charge in [-0.15, -0.1) is 0 Å². The van der Waals surface area contributed by atoms with Crippen LogP contribution in [0.4, 0.5) is 0 Å². The van der Waals surface area contributed by atoms with Crippen LogP contribution in [0.3, 0.4) is 0 Å². The Balaban J connectivity index is 2.72. The highest BCUT2D eigenvalue weighted by Gasteiger charge is 2.13. The summed E-state index contributed by atoms with van der Waals surface area (Å²) in [5, 5.41) is 0. The third-order valence-electron chi connectivity index (χ3n) is 2.80. The van der Waals surface area contributed by atoms with Crippen molar-refractivity contribution in [2.75, 3.05) is 0 Å². The lowest BCUT2D eigenvalue weighted by Gasteiger charge is -2.18. The fraction of sp³-hybridized carbons (Fsp3) is 0.538. The van der Waals surface area contributed by atoms with Crippen molar-refractivity contribution >= 4 is 38.5 Å². The highest BCUT2D eigenvalue weighted by Crippen LogP contribution is 2.28. The van der Waals surface area contributed by atoms with Crippen LogP contribution in [0, 0.1) is 9.49 Å². The summed E-state index contributed by atoms with van der Waals surface area (Å²) in [6, 6.07) is 6.50. The van der Waals surface area contributed by atoms with Gasteiger partial charge in [-0.25, -0.2) is 0 Å². The normalized spacial score (nSPS) is 14.8. The van der Waals surface area contributed by atoms with Crippen molar-refractivity contribution in [1.29, 1.82) is 0 Å². The van der Waals surface area contributed by atoms with Crippen molar-refractivity contribution in [3.63, 3.8) is 0 Å². The monoisotopic (exact) mass is 395 g/mol. The van der Waals surface area contributed by atoms with E-state index in [1.807, 2.05) is 0 Å². The van der Waals surface area contributed by atoms with Gasteiger partial charge >= 0.3 is 0 Å². The van der Waals surface area contributed by atoms with E-state index < -0.39 is 0 Å². The summed E-state index contributed by atoms with van der Waals surface area (Å²) in [4.78, 5) is 0. The minimum absolute atomic E-state index is 0.144. The van der Waals surface area contributed by atoms with Gasteiger partial charge in [-0.3, -0.25) is 0 Å². The third kappa shape index (κ3) is 4.34. The summed E-state index contributed by atoms with van der Waals surface area (Å²) in [5.41, 5.74) is 7.49. The number of benzene rings is 1. The molecule has 2 N–H and O–H groups in total. The van der Waals surface area contributed by atoms with E-state index in [1.165, 1.54) is 22.0 Å². The molecule has 16 heavy (non-hydrogen) atoms. The molecular formula is C13H19BrIN. The van der Waals surface area contributed by atoms with Crippen LogP contribution < -0.4 is 5.73 Å². The topological polar surface area (TPSA) is 26.0 Å². The lowest BCUT2D eigenvalue weighted by molar-refractivity contribution is 0.439. The smallest absolute Gasteiger partial charge is 0.0309 e. The molecule has 2 unspecified atom stereocenters. The molecule has 90 valence electrons. The minimum Gasteiger partial charge on any atom is -0.324 e. The molecule has 0 heterocycles. The third-order valence-corrected chi connectivity index (χ3v) is 4.19. The van der Waals surface area contributed by atoms with E-state index in [9.17, 15) is 0 Å². The van der Waals surface area contributed by atoms with Crippen LogP contribution in [0.15, 0.2) is 22.7 Å². The molecule has 0 saturated heterocycles. The van der Waals surface area contributed by atoms with Crippen molar-refractivity contribution in [3.8, 4) is 0 Å². The fourth-order valence-electron chi connectivity index (χ4n) is 1.97. The van der Waals surface area contributed by atoms with Crippen molar-refractivity contribution in [3.05, 3.63) is 31.8 Å². The second kappa shape index (κ2) is 6.97. The highest BCUT2D eigenvalue weighted by atomic mass is 127. The van der Waals surface area contributed by atoms with Gasteiger partial charge in [0.15, 0.2) is 0 Å². The largest absolute Gasteiger partial charge is 0.324 e. The first-order chi connectivity index (χ1) is 7.54. The van der Waals surface area contributed by atoms with Gasteiger partial charge in [-0.05, 0) is 58.7 Å². The Labute approximate surface area is 120 Å². The second-order valence-corrected chi connectivity index (χ2v) is 6.50. The SMILES string of the molecule is CCCC(C)CC(N)c1cc(I)ccc1Br. The van der Waals surface area contributed by atoms with Crippen LogP contribution in [-0.2, 0) is 0 Å². The number of hydrogen-bond donors (Lipinski definition) is 1. The Morgan fingerprint density at radius 2 is 2.12 bits per heavy atom. The predicted molar refractivity (Wildman–Crippen MR) is 82.5 cm³/mol. The molecule has 0 radical (unpaired) electrons. The van der Waals surface area contributed by atoms with Gasteiger partial charge in [-0.2, -0.15) is 0 Å². The van der Waals surface area contributed by atoms with E-state index in [0.717, 1.165) is 10.9 Å². The maximum absolute atomic E-state index is 6.26. The second-order valence-electron chi connectivity index (χ2n) is 4.40. The summed E-state index contributed by atoms with van der Waals surface area (Å²) in [5.74, 6) is 0.699. The molecule has 0 aromatic heterocycles. The molecule has 1 nitrogen and oxygen atoms in total. The maximum atomic E-state index is 6.26. The zero-order valence-corrected chi connectivity index (χ0v) is 13.6. The fourth-order valence-corrected chi connectivity index (χ4v) is 3.03. The van der Waals surface area contributed by atoms with Gasteiger partial charge in [0.05, 0.1) is 0 Å². The molecule has 1 aromatic carbocycles. The van der Waals surface area contributed by atoms with Gasteiger partial charge in [0.2, 0.25) is 0 Å². The zero-order valence-electron chi connectivity index (χ0n) is 9.84. The van der Waals surface area contributed by atoms with Crippen LogP contribution in [0.2, 0.25) is 0 Å². The average Bonchev–Trinajstić information content (AvgIpc) is 2.21. The van der Waals surface area contributed by atoms with Gasteiger partial charge < -0.3 is 5.73 Å². The van der Waals surface area contributed by atoms with Gasteiger partial charge in [0, 0.05) is 14.1 Å². The number of halogens is 2. The van der Waals surface area contributed by atoms with Crippen LogP contribution in [-0.4, -0.2) is 0 Å². The summed E-state index contributed by atoms with van der Waals surface area (Å²) in [6.07, 6.45) is 3.56. The van der Waals surface area contributed by atoms with E-state index in [1.54, 1.807) is 0 Å². The van der Waals surface area contributed by atoms with E-state index in [0.29, 0.717) is 5.92 Å². The summed E-state index contributed by atoms with van der Waals surface area (Å²) in [6.45, 7) is 4.51. The molecule has 1 aromatic rings. The summed E-state index contributed by atoms with van der Waals surface area (Å²) in [7, 11) is 0. The van der Waals surface area contributed by atoms with Gasteiger partial charge in [0.25, 0.3) is 0 Å². The highest BCUT2D eigenvalue weighted by molar-refractivity contribution is 14.1. The van der Waals surface area contributed by atoms with E-state index in [2.05, 4.69) is 70.6 Å². The number of rotatable bonds is 5. The summed E-state index contributed by atoms with van der Waals surface area (Å²) >= 11 is 5.91. The van der Waals surface area contributed by atoms with E-state index in [4.69, 9.17) is 5.73 Å². The molecule has 3 heteroatoms. The van der Waals surface area contributed by atoms with E-state index >= 15 is 0 Å². The summed E-state index contributed by atoms with van der Waals surface area (Å²) < 4.78 is 2.37. The maximum Gasteiger partial charge on any atom is 0.0309 e. The van der Waals surface area contributed by atoms with Crippen LogP contribution in [0.5, 0.6) is 0 Å². The molecule has 1 rings (SSSR count). The molecule has 0 saturated carbocycles. The van der Waals surface area contributed by atoms with Crippen molar-refractivity contribution < 1.29 is 0 Å². The molecule has 0 bridgehead atoms. The number of hydrogen-bond acceptors (Lipinski definition) is 1. The quantitative estimate of drug-likeness (QED) is 0.706. The van der Waals surface area contributed by atoms with Crippen LogP contribution >= 0.6 is 38.5 Å². The standard InChI is InChI=1S/C13H19BrIN/c1-3-4-9(2)7-13(16)11-8-10(15)5-6-12(11)14/h5-6,8-9,13H,3-4,7,16H2,1-2H3. The average molecular weight is 396 g/mol. The Kier molecular flexibility index (Phi) is 6.29. The molecule has 2 atom stereocenters. The molecule has 0 fully saturated rings. The molecule has 0 aliphatic heterocycles. The lowest BCUT2D eigenvalue weighted by atomic mass is 9.94. The zero-order chi connectivity index (χ0) is 12.1. The molecular weight excluding hydrogens is 377 g/mol. The van der Waals surface area contributed by atoms with Crippen LogP contribution in [0.1, 0.15) is 44.7 Å². The van der Waals surface area contributed by atoms with Crippen LogP contribution in [0.25, 0.3) is 0 Å². The van der Waals surface area contributed by atoms with Gasteiger partial charge in [-0.1, -0.05) is 42.6 Å². The van der Waals surface area contributed by atoms with Crippen molar-refractivity contribution in [1.82, 2.24) is 0 Å². The predicted octanol–water partition coefficient (Wildman–Crippen LogP) is 4.88. The number of nitrogens with two attached hydrogens (primary N) is 1.